The maximum atomic E-state index is 6.18. The zero-order valence-electron chi connectivity index (χ0n) is 17.0. The van der Waals surface area contributed by atoms with E-state index in [4.69, 9.17) is 4.42 Å². The highest BCUT2D eigenvalue weighted by atomic mass is 16.4. The number of benzene rings is 2. The normalized spacial score (nSPS) is 17.0. The lowest BCUT2D eigenvalue weighted by Gasteiger charge is -2.22. The minimum absolute atomic E-state index is 0.114. The predicted octanol–water partition coefficient (Wildman–Crippen LogP) is 5.17. The Hall–Kier alpha value is -3.64. The molecule has 0 aliphatic carbocycles. The third kappa shape index (κ3) is 3.25. The fourth-order valence-electron chi connectivity index (χ4n) is 4.56. The Morgan fingerprint density at radius 3 is 2.68 bits per heavy atom. The first-order valence-electron chi connectivity index (χ1n) is 10.6. The standard InChI is InChI=1S/C25H21N5O/c1-2-8-20-17(6-1)11-14-27-23(20)25-29-28-24(31-25)22-10-5-15-30(22)16-18-12-13-26-21-9-4-3-7-19(18)21/h1-4,6-9,11-14,22H,5,10,15-16H2/t22-/m0/s1. The van der Waals surface area contributed by atoms with Gasteiger partial charge in [-0.3, -0.25) is 14.9 Å². The summed E-state index contributed by atoms with van der Waals surface area (Å²) in [4.78, 5) is 11.4. The summed E-state index contributed by atoms with van der Waals surface area (Å²) < 4.78 is 6.18. The van der Waals surface area contributed by atoms with Crippen molar-refractivity contribution in [2.24, 2.45) is 0 Å². The van der Waals surface area contributed by atoms with Crippen molar-refractivity contribution in [2.75, 3.05) is 6.54 Å². The van der Waals surface area contributed by atoms with Gasteiger partial charge in [-0.25, -0.2) is 0 Å². The zero-order chi connectivity index (χ0) is 20.6. The molecule has 0 N–H and O–H groups in total. The molecule has 152 valence electrons. The summed E-state index contributed by atoms with van der Waals surface area (Å²) >= 11 is 0. The molecule has 2 aromatic carbocycles. The number of para-hydroxylation sites is 1. The fourth-order valence-corrected chi connectivity index (χ4v) is 4.56. The Labute approximate surface area is 179 Å². The molecule has 6 heteroatoms. The second kappa shape index (κ2) is 7.56. The van der Waals surface area contributed by atoms with Gasteiger partial charge >= 0.3 is 0 Å². The summed E-state index contributed by atoms with van der Waals surface area (Å²) in [5.74, 6) is 1.15. The molecule has 3 aromatic heterocycles. The van der Waals surface area contributed by atoms with Crippen LogP contribution in [0.3, 0.4) is 0 Å². The van der Waals surface area contributed by atoms with Gasteiger partial charge in [0.2, 0.25) is 5.89 Å². The van der Waals surface area contributed by atoms with E-state index in [1.54, 1.807) is 6.20 Å². The van der Waals surface area contributed by atoms with Crippen molar-refractivity contribution in [3.63, 3.8) is 0 Å². The molecule has 1 fully saturated rings. The van der Waals surface area contributed by atoms with E-state index < -0.39 is 0 Å². The largest absolute Gasteiger partial charge is 0.418 e. The van der Waals surface area contributed by atoms with Gasteiger partial charge in [-0.1, -0.05) is 42.5 Å². The molecule has 6 nitrogen and oxygen atoms in total. The van der Waals surface area contributed by atoms with Gasteiger partial charge in [0.25, 0.3) is 5.89 Å². The number of aromatic nitrogens is 4. The van der Waals surface area contributed by atoms with E-state index in [9.17, 15) is 0 Å². The lowest BCUT2D eigenvalue weighted by molar-refractivity contribution is 0.216. The summed E-state index contributed by atoms with van der Waals surface area (Å²) in [6.07, 6.45) is 5.79. The summed E-state index contributed by atoms with van der Waals surface area (Å²) in [5, 5.41) is 12.1. The predicted molar refractivity (Wildman–Crippen MR) is 119 cm³/mol. The molecule has 1 atom stereocenters. The molecule has 0 radical (unpaired) electrons. The number of pyridine rings is 2. The van der Waals surface area contributed by atoms with Crippen molar-refractivity contribution in [3.05, 3.63) is 84.5 Å². The van der Waals surface area contributed by atoms with Crippen molar-refractivity contribution in [1.29, 1.82) is 0 Å². The van der Waals surface area contributed by atoms with E-state index in [0.29, 0.717) is 11.8 Å². The van der Waals surface area contributed by atoms with Crippen LogP contribution in [0.4, 0.5) is 0 Å². The van der Waals surface area contributed by atoms with E-state index in [-0.39, 0.29) is 6.04 Å². The quantitative estimate of drug-likeness (QED) is 0.409. The summed E-state index contributed by atoms with van der Waals surface area (Å²) in [5.41, 5.74) is 3.03. The van der Waals surface area contributed by atoms with Crippen LogP contribution in [0.5, 0.6) is 0 Å². The molecule has 0 spiro atoms. The van der Waals surface area contributed by atoms with Crippen molar-refractivity contribution >= 4 is 21.7 Å². The van der Waals surface area contributed by atoms with Gasteiger partial charge in [0.05, 0.1) is 11.6 Å². The van der Waals surface area contributed by atoms with Crippen LogP contribution in [0, 0.1) is 0 Å². The van der Waals surface area contributed by atoms with Crippen molar-refractivity contribution in [1.82, 2.24) is 25.1 Å². The molecule has 6 rings (SSSR count). The molecule has 0 saturated carbocycles. The van der Waals surface area contributed by atoms with E-state index >= 15 is 0 Å². The SMILES string of the molecule is c1ccc2c(-c3nnc([C@@H]4CCCN4Cc4ccnc5ccccc45)o3)nccc2c1. The van der Waals surface area contributed by atoms with Gasteiger partial charge in [-0.2, -0.15) is 0 Å². The Bertz CT molecular complexity index is 1370. The summed E-state index contributed by atoms with van der Waals surface area (Å²) in [6.45, 7) is 1.84. The second-order valence-electron chi connectivity index (χ2n) is 7.94. The molecule has 0 bridgehead atoms. The molecule has 5 aromatic rings. The van der Waals surface area contributed by atoms with E-state index in [0.717, 1.165) is 47.9 Å². The van der Waals surface area contributed by atoms with Gasteiger partial charge in [0.1, 0.15) is 5.69 Å². The smallest absolute Gasteiger partial charge is 0.266 e. The van der Waals surface area contributed by atoms with E-state index in [1.807, 2.05) is 36.5 Å². The van der Waals surface area contributed by atoms with Crippen LogP contribution in [0.15, 0.2) is 77.5 Å². The number of hydrogen-bond acceptors (Lipinski definition) is 6. The lowest BCUT2D eigenvalue weighted by Crippen LogP contribution is -2.23. The van der Waals surface area contributed by atoms with Crippen molar-refractivity contribution in [3.8, 4) is 11.6 Å². The molecule has 0 amide bonds. The van der Waals surface area contributed by atoms with Crippen molar-refractivity contribution in [2.45, 2.75) is 25.4 Å². The molecule has 4 heterocycles. The first-order valence-corrected chi connectivity index (χ1v) is 10.6. The van der Waals surface area contributed by atoms with Crippen molar-refractivity contribution < 1.29 is 4.42 Å². The van der Waals surface area contributed by atoms with E-state index in [1.165, 1.54) is 10.9 Å². The van der Waals surface area contributed by atoms with Gasteiger partial charge in [-0.05, 0) is 48.5 Å². The van der Waals surface area contributed by atoms with Crippen LogP contribution >= 0.6 is 0 Å². The Balaban J connectivity index is 1.31. The summed E-state index contributed by atoms with van der Waals surface area (Å²) in [6, 6.07) is 20.6. The zero-order valence-corrected chi connectivity index (χ0v) is 17.0. The third-order valence-corrected chi connectivity index (χ3v) is 6.08. The molecule has 1 saturated heterocycles. The first-order chi connectivity index (χ1) is 15.4. The fraction of sp³-hybridized carbons (Fsp3) is 0.200. The maximum absolute atomic E-state index is 6.18. The maximum Gasteiger partial charge on any atom is 0.266 e. The number of fused-ring (bicyclic) bond motifs is 2. The van der Waals surface area contributed by atoms with Gasteiger partial charge in [0.15, 0.2) is 0 Å². The molecule has 1 aliphatic rings. The van der Waals surface area contributed by atoms with E-state index in [2.05, 4.69) is 55.4 Å². The highest BCUT2D eigenvalue weighted by Gasteiger charge is 2.31. The lowest BCUT2D eigenvalue weighted by atomic mass is 10.1. The Morgan fingerprint density at radius 1 is 0.871 bits per heavy atom. The Morgan fingerprint density at radius 2 is 1.71 bits per heavy atom. The molecule has 31 heavy (non-hydrogen) atoms. The van der Waals surface area contributed by atoms with Crippen LogP contribution in [-0.4, -0.2) is 31.6 Å². The average Bonchev–Trinajstić information content (AvgIpc) is 3.48. The average molecular weight is 407 g/mol. The van der Waals surface area contributed by atoms with Crippen LogP contribution in [-0.2, 0) is 6.54 Å². The second-order valence-corrected chi connectivity index (χ2v) is 7.94. The minimum Gasteiger partial charge on any atom is -0.418 e. The number of hydrogen-bond donors (Lipinski definition) is 0. The van der Waals surface area contributed by atoms with Gasteiger partial charge < -0.3 is 4.42 Å². The van der Waals surface area contributed by atoms with Crippen LogP contribution < -0.4 is 0 Å². The molecule has 0 unspecified atom stereocenters. The van der Waals surface area contributed by atoms with Crippen LogP contribution in [0.1, 0.15) is 30.3 Å². The first kappa shape index (κ1) is 18.2. The van der Waals surface area contributed by atoms with Gasteiger partial charge in [-0.15, -0.1) is 10.2 Å². The molecule has 1 aliphatic heterocycles. The highest BCUT2D eigenvalue weighted by Crippen LogP contribution is 2.35. The number of rotatable bonds is 4. The minimum atomic E-state index is 0.114. The van der Waals surface area contributed by atoms with Crippen LogP contribution in [0.2, 0.25) is 0 Å². The Kier molecular flexibility index (Phi) is 4.43. The summed E-state index contributed by atoms with van der Waals surface area (Å²) in [7, 11) is 0. The highest BCUT2D eigenvalue weighted by molar-refractivity contribution is 5.92. The third-order valence-electron chi connectivity index (χ3n) is 6.08. The topological polar surface area (TPSA) is 67.9 Å². The van der Waals surface area contributed by atoms with Crippen LogP contribution in [0.25, 0.3) is 33.3 Å². The molecular weight excluding hydrogens is 386 g/mol. The monoisotopic (exact) mass is 407 g/mol. The number of likely N-dealkylation sites (tertiary alicyclic amines) is 1. The molecular formula is C25H21N5O. The number of nitrogens with zero attached hydrogens (tertiary/aromatic N) is 5. The van der Waals surface area contributed by atoms with Gasteiger partial charge in [0, 0.05) is 29.7 Å².